The van der Waals surface area contributed by atoms with Crippen LogP contribution in [-0.4, -0.2) is 5.91 Å². The number of hydrogen-bond acceptors (Lipinski definition) is 1. The van der Waals surface area contributed by atoms with Crippen LogP contribution >= 0.6 is 0 Å². The van der Waals surface area contributed by atoms with Crippen molar-refractivity contribution in [1.82, 2.24) is 0 Å². The molecule has 0 aromatic heterocycles. The summed E-state index contributed by atoms with van der Waals surface area (Å²) in [6.07, 6.45) is 3.47. The fraction of sp³-hybridized carbons (Fsp3) is 0.421. The van der Waals surface area contributed by atoms with Gasteiger partial charge in [-0.1, -0.05) is 56.7 Å². The van der Waals surface area contributed by atoms with Gasteiger partial charge in [-0.3, -0.25) is 4.79 Å². The van der Waals surface area contributed by atoms with E-state index >= 15 is 0 Å². The van der Waals surface area contributed by atoms with E-state index in [4.69, 9.17) is 0 Å². The number of carbonyl (C=O) groups is 1. The largest absolute Gasteiger partial charge is 0.325 e. The number of anilines is 1. The van der Waals surface area contributed by atoms with Crippen LogP contribution in [0.4, 0.5) is 5.69 Å². The van der Waals surface area contributed by atoms with Crippen molar-refractivity contribution >= 4 is 22.4 Å². The first kappa shape index (κ1) is 14.1. The Morgan fingerprint density at radius 3 is 2.76 bits per heavy atom. The van der Waals surface area contributed by atoms with Gasteiger partial charge in [-0.25, -0.2) is 0 Å². The Bertz CT molecular complexity index is 642. The first-order chi connectivity index (χ1) is 10.1. The number of nitrogens with one attached hydrogen (secondary N) is 1. The molecule has 0 bridgehead atoms. The highest BCUT2D eigenvalue weighted by Gasteiger charge is 2.42. The molecular weight excluding hydrogens is 258 g/mol. The highest BCUT2D eigenvalue weighted by molar-refractivity contribution is 6.03. The van der Waals surface area contributed by atoms with Crippen LogP contribution in [0.2, 0.25) is 0 Å². The van der Waals surface area contributed by atoms with Crippen LogP contribution in [0.5, 0.6) is 0 Å². The number of fused-ring (bicyclic) bond motifs is 1. The third-order valence-corrected chi connectivity index (χ3v) is 4.42. The van der Waals surface area contributed by atoms with Crippen molar-refractivity contribution in [2.45, 2.75) is 33.1 Å². The highest BCUT2D eigenvalue weighted by atomic mass is 16.2. The van der Waals surface area contributed by atoms with E-state index in [9.17, 15) is 4.79 Å². The van der Waals surface area contributed by atoms with Crippen molar-refractivity contribution in [1.29, 1.82) is 0 Å². The van der Waals surface area contributed by atoms with Crippen LogP contribution in [0.3, 0.4) is 0 Å². The summed E-state index contributed by atoms with van der Waals surface area (Å²) in [6.45, 7) is 4.49. The number of benzene rings is 2. The zero-order chi connectivity index (χ0) is 14.8. The lowest BCUT2D eigenvalue weighted by molar-refractivity contribution is -0.117. The van der Waals surface area contributed by atoms with Crippen molar-refractivity contribution in [2.75, 3.05) is 5.32 Å². The Kier molecular flexibility index (Phi) is 3.96. The van der Waals surface area contributed by atoms with Gasteiger partial charge in [0, 0.05) is 17.0 Å². The lowest BCUT2D eigenvalue weighted by atomic mass is 10.0. The first-order valence-electron chi connectivity index (χ1n) is 7.94. The molecule has 1 fully saturated rings. The molecule has 2 atom stereocenters. The second-order valence-electron chi connectivity index (χ2n) is 6.59. The van der Waals surface area contributed by atoms with Crippen LogP contribution in [0.1, 0.15) is 33.1 Å². The summed E-state index contributed by atoms with van der Waals surface area (Å²) < 4.78 is 0. The molecule has 1 N–H and O–H groups in total. The average molecular weight is 281 g/mol. The molecule has 21 heavy (non-hydrogen) atoms. The summed E-state index contributed by atoms with van der Waals surface area (Å²) in [4.78, 5) is 12.4. The summed E-state index contributed by atoms with van der Waals surface area (Å²) in [5, 5.41) is 5.41. The van der Waals surface area contributed by atoms with Gasteiger partial charge in [0.1, 0.15) is 0 Å². The smallest absolute Gasteiger partial charge is 0.227 e. The molecule has 1 saturated carbocycles. The van der Waals surface area contributed by atoms with Crippen molar-refractivity contribution < 1.29 is 4.79 Å². The van der Waals surface area contributed by atoms with Gasteiger partial charge < -0.3 is 5.32 Å². The van der Waals surface area contributed by atoms with Gasteiger partial charge in [0.05, 0.1) is 0 Å². The molecule has 0 aliphatic heterocycles. The maximum absolute atomic E-state index is 12.4. The second-order valence-corrected chi connectivity index (χ2v) is 6.59. The van der Waals surface area contributed by atoms with Gasteiger partial charge in [0.15, 0.2) is 0 Å². The molecule has 3 rings (SSSR count). The molecule has 2 heteroatoms. The number of carbonyl (C=O) groups excluding carboxylic acids is 1. The van der Waals surface area contributed by atoms with Gasteiger partial charge in [-0.05, 0) is 36.1 Å². The molecule has 1 amide bonds. The zero-order valence-electron chi connectivity index (χ0n) is 12.8. The molecular formula is C19H23NO. The summed E-state index contributed by atoms with van der Waals surface area (Å²) in [5.74, 6) is 1.75. The van der Waals surface area contributed by atoms with Crippen LogP contribution in [0, 0.1) is 17.8 Å². The number of hydrogen-bond donors (Lipinski definition) is 1. The van der Waals surface area contributed by atoms with E-state index in [1.54, 1.807) is 0 Å². The minimum atomic E-state index is 0.195. The topological polar surface area (TPSA) is 29.1 Å². The maximum atomic E-state index is 12.4. The van der Waals surface area contributed by atoms with Gasteiger partial charge in [-0.2, -0.15) is 0 Å². The lowest BCUT2D eigenvalue weighted by Gasteiger charge is -2.09. The normalized spacial score (nSPS) is 20.7. The lowest BCUT2D eigenvalue weighted by Crippen LogP contribution is -2.15. The van der Waals surface area contributed by atoms with Crippen LogP contribution < -0.4 is 5.32 Å². The van der Waals surface area contributed by atoms with E-state index in [0.29, 0.717) is 5.92 Å². The van der Waals surface area contributed by atoms with E-state index in [-0.39, 0.29) is 11.8 Å². The van der Waals surface area contributed by atoms with Gasteiger partial charge in [-0.15, -0.1) is 0 Å². The van der Waals surface area contributed by atoms with E-state index in [2.05, 4.69) is 37.4 Å². The van der Waals surface area contributed by atoms with E-state index in [1.165, 1.54) is 18.2 Å². The fourth-order valence-corrected chi connectivity index (χ4v) is 2.99. The van der Waals surface area contributed by atoms with Crippen LogP contribution in [0.15, 0.2) is 42.5 Å². The summed E-state index contributed by atoms with van der Waals surface area (Å²) in [6, 6.07) is 14.2. The molecule has 1 aliphatic carbocycles. The molecule has 110 valence electrons. The van der Waals surface area contributed by atoms with E-state index in [1.807, 2.05) is 24.3 Å². The molecule has 2 nitrogen and oxygen atoms in total. The minimum absolute atomic E-state index is 0.195. The Balaban J connectivity index is 1.65. The van der Waals surface area contributed by atoms with Gasteiger partial charge in [0.2, 0.25) is 5.91 Å². The highest BCUT2D eigenvalue weighted by Crippen LogP contribution is 2.43. The predicted octanol–water partition coefficient (Wildman–Crippen LogP) is 4.85. The first-order valence-corrected chi connectivity index (χ1v) is 7.94. The monoisotopic (exact) mass is 281 g/mol. The third-order valence-electron chi connectivity index (χ3n) is 4.42. The van der Waals surface area contributed by atoms with Crippen molar-refractivity contribution in [3.8, 4) is 0 Å². The summed E-state index contributed by atoms with van der Waals surface area (Å²) >= 11 is 0. The third kappa shape index (κ3) is 3.26. The molecule has 2 aromatic rings. The summed E-state index contributed by atoms with van der Waals surface area (Å²) in [5.41, 5.74) is 0.938. The van der Waals surface area contributed by atoms with E-state index < -0.39 is 0 Å². The number of rotatable bonds is 5. The molecule has 2 aromatic carbocycles. The van der Waals surface area contributed by atoms with Crippen LogP contribution in [0.25, 0.3) is 10.8 Å². The Hall–Kier alpha value is -1.83. The van der Waals surface area contributed by atoms with Crippen LogP contribution in [-0.2, 0) is 4.79 Å². The molecule has 2 unspecified atom stereocenters. The average Bonchev–Trinajstić information content (AvgIpc) is 3.25. The SMILES string of the molecule is CC(C)CCC1CC1C(=O)Nc1cccc2ccccc12. The maximum Gasteiger partial charge on any atom is 0.227 e. The summed E-state index contributed by atoms with van der Waals surface area (Å²) in [7, 11) is 0. The van der Waals surface area contributed by atoms with Crippen molar-refractivity contribution in [3.63, 3.8) is 0 Å². The van der Waals surface area contributed by atoms with Crippen molar-refractivity contribution in [2.24, 2.45) is 17.8 Å². The Morgan fingerprint density at radius 2 is 1.95 bits per heavy atom. The molecule has 0 heterocycles. The van der Waals surface area contributed by atoms with Gasteiger partial charge >= 0.3 is 0 Å². The quantitative estimate of drug-likeness (QED) is 0.834. The zero-order valence-corrected chi connectivity index (χ0v) is 12.8. The standard InChI is InChI=1S/C19H23NO/c1-13(2)10-11-15-12-17(15)19(21)20-18-9-5-7-14-6-3-4-8-16(14)18/h3-9,13,15,17H,10-12H2,1-2H3,(H,20,21). The fourth-order valence-electron chi connectivity index (χ4n) is 2.99. The Morgan fingerprint density at radius 1 is 1.19 bits per heavy atom. The van der Waals surface area contributed by atoms with E-state index in [0.717, 1.165) is 23.4 Å². The molecule has 0 radical (unpaired) electrons. The van der Waals surface area contributed by atoms with Gasteiger partial charge in [0.25, 0.3) is 0 Å². The predicted molar refractivity (Wildman–Crippen MR) is 88.2 cm³/mol. The molecule has 1 aliphatic rings. The van der Waals surface area contributed by atoms with Crippen molar-refractivity contribution in [3.05, 3.63) is 42.5 Å². The second kappa shape index (κ2) is 5.88. The molecule has 0 spiro atoms. The Labute approximate surface area is 126 Å². The minimum Gasteiger partial charge on any atom is -0.325 e. The molecule has 0 saturated heterocycles. The number of amides is 1.